The summed E-state index contributed by atoms with van der Waals surface area (Å²) in [5.41, 5.74) is 1.61. The van der Waals surface area contributed by atoms with Gasteiger partial charge in [-0.05, 0) is 43.5 Å². The van der Waals surface area contributed by atoms with Crippen LogP contribution in [0, 0.1) is 6.92 Å². The molecule has 1 saturated heterocycles. The molecule has 0 spiro atoms. The number of aromatic hydroxyl groups is 1. The van der Waals surface area contributed by atoms with Crippen molar-refractivity contribution in [2.45, 2.75) is 32.3 Å². The maximum absolute atomic E-state index is 9.50. The third kappa shape index (κ3) is 2.61. The molecule has 1 aliphatic rings. The summed E-state index contributed by atoms with van der Waals surface area (Å²) in [7, 11) is 0. The molecule has 0 amide bonds. The summed E-state index contributed by atoms with van der Waals surface area (Å²) >= 11 is 0. The molecule has 3 rings (SSSR count). The number of rotatable bonds is 3. The summed E-state index contributed by atoms with van der Waals surface area (Å²) in [5.74, 6) is 1.42. The minimum atomic E-state index is 0.215. The lowest BCUT2D eigenvalue weighted by Crippen LogP contribution is -2.09. The van der Waals surface area contributed by atoms with E-state index in [9.17, 15) is 5.11 Å². The Kier molecular flexibility index (Phi) is 3.21. The molecule has 19 heavy (non-hydrogen) atoms. The average Bonchev–Trinajstić information content (AvgIpc) is 3.05. The SMILES string of the molecule is Cc1cc(-c2nc(CC3CCCO3)no2)ccc1O. The number of aromatic nitrogens is 2. The second-order valence-electron chi connectivity index (χ2n) is 4.86. The van der Waals surface area contributed by atoms with E-state index in [4.69, 9.17) is 9.26 Å². The average molecular weight is 260 g/mol. The lowest BCUT2D eigenvalue weighted by Gasteiger charge is -2.03. The van der Waals surface area contributed by atoms with Crippen LogP contribution >= 0.6 is 0 Å². The van der Waals surface area contributed by atoms with E-state index in [1.165, 1.54) is 0 Å². The summed E-state index contributed by atoms with van der Waals surface area (Å²) in [4.78, 5) is 4.38. The number of ether oxygens (including phenoxy) is 1. The number of hydrogen-bond acceptors (Lipinski definition) is 5. The molecular weight excluding hydrogens is 244 g/mol. The third-order valence-corrected chi connectivity index (χ3v) is 3.35. The van der Waals surface area contributed by atoms with Crippen molar-refractivity contribution in [2.24, 2.45) is 0 Å². The zero-order valence-electron chi connectivity index (χ0n) is 10.8. The Morgan fingerprint density at radius 3 is 3.05 bits per heavy atom. The standard InChI is InChI=1S/C14H16N2O3/c1-9-7-10(4-5-12(9)17)14-15-13(16-19-14)8-11-3-2-6-18-11/h4-5,7,11,17H,2-3,6,8H2,1H3. The van der Waals surface area contributed by atoms with Crippen LogP contribution in [0.1, 0.15) is 24.2 Å². The topological polar surface area (TPSA) is 68.4 Å². The van der Waals surface area contributed by atoms with Gasteiger partial charge in [-0.2, -0.15) is 4.98 Å². The van der Waals surface area contributed by atoms with Crippen LogP contribution < -0.4 is 0 Å². The van der Waals surface area contributed by atoms with Crippen molar-refractivity contribution in [3.05, 3.63) is 29.6 Å². The Morgan fingerprint density at radius 1 is 1.42 bits per heavy atom. The van der Waals surface area contributed by atoms with Gasteiger partial charge in [-0.25, -0.2) is 0 Å². The molecule has 1 aromatic heterocycles. The predicted octanol–water partition coefficient (Wildman–Crippen LogP) is 2.47. The van der Waals surface area contributed by atoms with E-state index < -0.39 is 0 Å². The zero-order valence-corrected chi connectivity index (χ0v) is 10.8. The summed E-state index contributed by atoms with van der Waals surface area (Å²) in [5, 5.41) is 13.5. The number of phenols is 1. The van der Waals surface area contributed by atoms with Crippen molar-refractivity contribution in [1.29, 1.82) is 0 Å². The van der Waals surface area contributed by atoms with Gasteiger partial charge in [-0.3, -0.25) is 0 Å². The highest BCUT2D eigenvalue weighted by atomic mass is 16.5. The normalized spacial score (nSPS) is 18.9. The number of phenolic OH excluding ortho intramolecular Hbond substituents is 1. The van der Waals surface area contributed by atoms with Gasteiger partial charge < -0.3 is 14.4 Å². The van der Waals surface area contributed by atoms with Crippen LogP contribution in [0.2, 0.25) is 0 Å². The van der Waals surface area contributed by atoms with Crippen molar-refractivity contribution in [1.82, 2.24) is 10.1 Å². The van der Waals surface area contributed by atoms with Crippen molar-refractivity contribution in [3.63, 3.8) is 0 Å². The molecule has 1 unspecified atom stereocenters. The first-order valence-corrected chi connectivity index (χ1v) is 6.46. The molecule has 2 heterocycles. The van der Waals surface area contributed by atoms with Gasteiger partial charge in [-0.1, -0.05) is 5.16 Å². The van der Waals surface area contributed by atoms with Crippen LogP contribution in [-0.2, 0) is 11.2 Å². The fraction of sp³-hybridized carbons (Fsp3) is 0.429. The molecule has 0 radical (unpaired) electrons. The highest BCUT2D eigenvalue weighted by Gasteiger charge is 2.19. The first kappa shape index (κ1) is 12.2. The fourth-order valence-corrected chi connectivity index (χ4v) is 2.25. The largest absolute Gasteiger partial charge is 0.508 e. The lowest BCUT2D eigenvalue weighted by molar-refractivity contribution is 0.109. The minimum absolute atomic E-state index is 0.215. The molecule has 2 aromatic rings. The van der Waals surface area contributed by atoms with Gasteiger partial charge in [0.2, 0.25) is 0 Å². The Morgan fingerprint density at radius 2 is 2.32 bits per heavy atom. The predicted molar refractivity (Wildman–Crippen MR) is 68.8 cm³/mol. The number of benzene rings is 1. The third-order valence-electron chi connectivity index (χ3n) is 3.35. The molecule has 0 saturated carbocycles. The molecule has 5 nitrogen and oxygen atoms in total. The number of aryl methyl sites for hydroxylation is 1. The van der Waals surface area contributed by atoms with Gasteiger partial charge in [0.05, 0.1) is 6.10 Å². The van der Waals surface area contributed by atoms with Crippen LogP contribution in [0.25, 0.3) is 11.5 Å². The van der Waals surface area contributed by atoms with Crippen LogP contribution in [0.15, 0.2) is 22.7 Å². The molecular formula is C14H16N2O3. The van der Waals surface area contributed by atoms with E-state index in [1.807, 2.05) is 13.0 Å². The van der Waals surface area contributed by atoms with Crippen LogP contribution in [-0.4, -0.2) is 28.0 Å². The van der Waals surface area contributed by atoms with Crippen molar-refractivity contribution in [2.75, 3.05) is 6.61 Å². The van der Waals surface area contributed by atoms with Crippen molar-refractivity contribution < 1.29 is 14.4 Å². The Labute approximate surface area is 111 Å². The van der Waals surface area contributed by atoms with E-state index in [0.29, 0.717) is 18.1 Å². The quantitative estimate of drug-likeness (QED) is 0.918. The second kappa shape index (κ2) is 5.01. The molecule has 1 aromatic carbocycles. The van der Waals surface area contributed by atoms with Gasteiger partial charge in [0.1, 0.15) is 5.75 Å². The summed E-state index contributed by atoms with van der Waals surface area (Å²) < 4.78 is 10.8. The van der Waals surface area contributed by atoms with E-state index in [0.717, 1.165) is 30.6 Å². The first-order valence-electron chi connectivity index (χ1n) is 6.46. The van der Waals surface area contributed by atoms with Gasteiger partial charge >= 0.3 is 0 Å². The number of hydrogen-bond donors (Lipinski definition) is 1. The first-order chi connectivity index (χ1) is 9.22. The monoisotopic (exact) mass is 260 g/mol. The zero-order chi connectivity index (χ0) is 13.2. The summed E-state index contributed by atoms with van der Waals surface area (Å²) in [6.07, 6.45) is 3.07. The van der Waals surface area contributed by atoms with Gasteiger partial charge in [0.25, 0.3) is 5.89 Å². The van der Waals surface area contributed by atoms with E-state index in [1.54, 1.807) is 12.1 Å². The second-order valence-corrected chi connectivity index (χ2v) is 4.86. The fourth-order valence-electron chi connectivity index (χ4n) is 2.25. The van der Waals surface area contributed by atoms with Crippen LogP contribution in [0.5, 0.6) is 5.75 Å². The van der Waals surface area contributed by atoms with Gasteiger partial charge in [0.15, 0.2) is 5.82 Å². The van der Waals surface area contributed by atoms with Crippen molar-refractivity contribution in [3.8, 4) is 17.2 Å². The van der Waals surface area contributed by atoms with E-state index >= 15 is 0 Å². The molecule has 1 fully saturated rings. The molecule has 1 atom stereocenters. The van der Waals surface area contributed by atoms with Gasteiger partial charge in [0, 0.05) is 18.6 Å². The highest BCUT2D eigenvalue weighted by Crippen LogP contribution is 2.24. The highest BCUT2D eigenvalue weighted by molar-refractivity contribution is 5.56. The Hall–Kier alpha value is -1.88. The smallest absolute Gasteiger partial charge is 0.257 e. The Balaban J connectivity index is 1.78. The minimum Gasteiger partial charge on any atom is -0.508 e. The van der Waals surface area contributed by atoms with Gasteiger partial charge in [-0.15, -0.1) is 0 Å². The number of nitrogens with zero attached hydrogens (tertiary/aromatic N) is 2. The molecule has 1 aliphatic heterocycles. The molecule has 0 bridgehead atoms. The summed E-state index contributed by atoms with van der Waals surface area (Å²) in [6.45, 7) is 2.66. The lowest BCUT2D eigenvalue weighted by atomic mass is 10.1. The molecule has 0 aliphatic carbocycles. The van der Waals surface area contributed by atoms with Crippen LogP contribution in [0.3, 0.4) is 0 Å². The van der Waals surface area contributed by atoms with E-state index in [2.05, 4.69) is 10.1 Å². The van der Waals surface area contributed by atoms with Crippen molar-refractivity contribution >= 4 is 0 Å². The molecule has 5 heteroatoms. The maximum Gasteiger partial charge on any atom is 0.257 e. The molecule has 100 valence electrons. The summed E-state index contributed by atoms with van der Waals surface area (Å²) in [6, 6.07) is 5.24. The Bertz CT molecular complexity index is 574. The molecule has 1 N–H and O–H groups in total. The van der Waals surface area contributed by atoms with Crippen LogP contribution in [0.4, 0.5) is 0 Å². The van der Waals surface area contributed by atoms with E-state index in [-0.39, 0.29) is 11.9 Å². The maximum atomic E-state index is 9.50.